The van der Waals surface area contributed by atoms with Crippen LogP contribution >= 0.6 is 0 Å². The molecule has 0 aromatic heterocycles. The zero-order valence-electron chi connectivity index (χ0n) is 9.05. The van der Waals surface area contributed by atoms with Gasteiger partial charge in [-0.25, -0.2) is 0 Å². The topological polar surface area (TPSA) is 38.0 Å². The Labute approximate surface area is 82.3 Å². The summed E-state index contributed by atoms with van der Waals surface area (Å²) in [6, 6.07) is 0.696. The van der Waals surface area contributed by atoms with Crippen LogP contribution in [0.5, 0.6) is 0 Å². The van der Waals surface area contributed by atoms with E-state index in [1.54, 1.807) is 0 Å². The highest BCUT2D eigenvalue weighted by atomic mass is 14.9. The molecule has 13 heavy (non-hydrogen) atoms. The molecule has 0 unspecified atom stereocenters. The highest BCUT2D eigenvalue weighted by Gasteiger charge is 2.22. The van der Waals surface area contributed by atoms with Crippen molar-refractivity contribution in [2.75, 3.05) is 13.1 Å². The van der Waals surface area contributed by atoms with Crippen molar-refractivity contribution in [3.05, 3.63) is 0 Å². The van der Waals surface area contributed by atoms with Crippen molar-refractivity contribution in [2.24, 2.45) is 17.6 Å². The van der Waals surface area contributed by atoms with E-state index in [2.05, 4.69) is 19.2 Å². The highest BCUT2D eigenvalue weighted by molar-refractivity contribution is 4.80. The summed E-state index contributed by atoms with van der Waals surface area (Å²) < 4.78 is 0. The second-order valence-corrected chi connectivity index (χ2v) is 4.68. The van der Waals surface area contributed by atoms with Crippen molar-refractivity contribution in [1.29, 1.82) is 0 Å². The zero-order chi connectivity index (χ0) is 9.68. The average Bonchev–Trinajstić information content (AvgIpc) is 2.15. The minimum Gasteiger partial charge on any atom is -0.330 e. The quantitative estimate of drug-likeness (QED) is 0.698. The molecule has 78 valence electrons. The van der Waals surface area contributed by atoms with E-state index in [0.717, 1.165) is 12.5 Å². The van der Waals surface area contributed by atoms with Gasteiger partial charge in [0.15, 0.2) is 0 Å². The predicted octanol–water partition coefficient (Wildman–Crippen LogP) is 1.75. The second kappa shape index (κ2) is 5.61. The van der Waals surface area contributed by atoms with Crippen LogP contribution in [0.1, 0.15) is 39.5 Å². The first-order chi connectivity index (χ1) is 6.24. The molecule has 2 atom stereocenters. The molecule has 0 aliphatic carbocycles. The second-order valence-electron chi connectivity index (χ2n) is 4.68. The summed E-state index contributed by atoms with van der Waals surface area (Å²) in [6.07, 6.45) is 5.32. The Kier molecular flexibility index (Phi) is 4.74. The largest absolute Gasteiger partial charge is 0.330 e. The van der Waals surface area contributed by atoms with Gasteiger partial charge in [0.2, 0.25) is 0 Å². The Morgan fingerprint density at radius 1 is 1.38 bits per heavy atom. The van der Waals surface area contributed by atoms with Gasteiger partial charge >= 0.3 is 0 Å². The van der Waals surface area contributed by atoms with Crippen molar-refractivity contribution in [3.8, 4) is 0 Å². The van der Waals surface area contributed by atoms with Gasteiger partial charge in [-0.3, -0.25) is 0 Å². The highest BCUT2D eigenvalue weighted by Crippen LogP contribution is 2.20. The fourth-order valence-corrected chi connectivity index (χ4v) is 2.31. The monoisotopic (exact) mass is 184 g/mol. The lowest BCUT2D eigenvalue weighted by atomic mass is 9.86. The SMILES string of the molecule is CC(C)C[C@H](CN)[C@H]1CCCCN1. The third kappa shape index (κ3) is 3.65. The molecule has 0 amide bonds. The van der Waals surface area contributed by atoms with E-state index in [1.165, 1.54) is 32.2 Å². The van der Waals surface area contributed by atoms with E-state index >= 15 is 0 Å². The van der Waals surface area contributed by atoms with Gasteiger partial charge in [0.05, 0.1) is 0 Å². The number of nitrogens with two attached hydrogens (primary N) is 1. The standard InChI is InChI=1S/C11H24N2/c1-9(2)7-10(8-12)11-5-3-4-6-13-11/h9-11,13H,3-8,12H2,1-2H3/t10-,11-/m1/s1. The maximum Gasteiger partial charge on any atom is 0.0107 e. The van der Waals surface area contributed by atoms with Crippen LogP contribution in [0.25, 0.3) is 0 Å². The third-order valence-electron chi connectivity index (χ3n) is 2.99. The summed E-state index contributed by atoms with van der Waals surface area (Å²) in [4.78, 5) is 0. The molecule has 2 nitrogen and oxygen atoms in total. The molecule has 1 heterocycles. The van der Waals surface area contributed by atoms with E-state index < -0.39 is 0 Å². The number of piperidine rings is 1. The molecule has 2 heteroatoms. The zero-order valence-corrected chi connectivity index (χ0v) is 9.05. The van der Waals surface area contributed by atoms with E-state index in [-0.39, 0.29) is 0 Å². The molecule has 0 aromatic carbocycles. The van der Waals surface area contributed by atoms with E-state index in [9.17, 15) is 0 Å². The van der Waals surface area contributed by atoms with E-state index in [4.69, 9.17) is 5.73 Å². The molecule has 0 bridgehead atoms. The normalized spacial score (nSPS) is 26.3. The average molecular weight is 184 g/mol. The summed E-state index contributed by atoms with van der Waals surface area (Å²) in [6.45, 7) is 6.60. The summed E-state index contributed by atoms with van der Waals surface area (Å²) in [5.74, 6) is 1.47. The molecule has 1 fully saturated rings. The molecular weight excluding hydrogens is 160 g/mol. The van der Waals surface area contributed by atoms with Crippen molar-refractivity contribution < 1.29 is 0 Å². The van der Waals surface area contributed by atoms with Crippen LogP contribution in [-0.4, -0.2) is 19.1 Å². The van der Waals surface area contributed by atoms with Gasteiger partial charge in [-0.1, -0.05) is 20.3 Å². The summed E-state index contributed by atoms with van der Waals surface area (Å²) in [5, 5.41) is 3.60. The van der Waals surface area contributed by atoms with E-state index in [0.29, 0.717) is 12.0 Å². The van der Waals surface area contributed by atoms with E-state index in [1.807, 2.05) is 0 Å². The molecule has 1 aliphatic heterocycles. The number of hydrogen-bond acceptors (Lipinski definition) is 2. The van der Waals surface area contributed by atoms with Gasteiger partial charge in [-0.05, 0) is 44.2 Å². The minimum atomic E-state index is 0.695. The first-order valence-corrected chi connectivity index (χ1v) is 5.67. The smallest absolute Gasteiger partial charge is 0.0107 e. The Morgan fingerprint density at radius 3 is 2.62 bits per heavy atom. The molecule has 0 aromatic rings. The number of rotatable bonds is 4. The predicted molar refractivity (Wildman–Crippen MR) is 57.6 cm³/mol. The molecular formula is C11H24N2. The van der Waals surface area contributed by atoms with Crippen LogP contribution in [-0.2, 0) is 0 Å². The molecule has 0 radical (unpaired) electrons. The lowest BCUT2D eigenvalue weighted by Gasteiger charge is -2.31. The maximum atomic E-state index is 5.81. The maximum absolute atomic E-state index is 5.81. The van der Waals surface area contributed by atoms with Crippen molar-refractivity contribution in [2.45, 2.75) is 45.6 Å². The van der Waals surface area contributed by atoms with Crippen LogP contribution in [0.3, 0.4) is 0 Å². The Bertz CT molecular complexity index is 128. The summed E-state index contributed by atoms with van der Waals surface area (Å²) in [5.41, 5.74) is 5.81. The van der Waals surface area contributed by atoms with Crippen LogP contribution in [0.4, 0.5) is 0 Å². The van der Waals surface area contributed by atoms with Gasteiger partial charge in [0.25, 0.3) is 0 Å². The number of hydrogen-bond donors (Lipinski definition) is 2. The van der Waals surface area contributed by atoms with Crippen LogP contribution in [0.2, 0.25) is 0 Å². The van der Waals surface area contributed by atoms with Gasteiger partial charge in [0.1, 0.15) is 0 Å². The van der Waals surface area contributed by atoms with Crippen molar-refractivity contribution in [1.82, 2.24) is 5.32 Å². The summed E-state index contributed by atoms with van der Waals surface area (Å²) in [7, 11) is 0. The van der Waals surface area contributed by atoms with Gasteiger partial charge in [0, 0.05) is 6.04 Å². The third-order valence-corrected chi connectivity index (χ3v) is 2.99. The molecule has 1 saturated heterocycles. The van der Waals surface area contributed by atoms with Gasteiger partial charge < -0.3 is 11.1 Å². The Balaban J connectivity index is 2.34. The van der Waals surface area contributed by atoms with Crippen molar-refractivity contribution >= 4 is 0 Å². The fraction of sp³-hybridized carbons (Fsp3) is 1.00. The molecule has 3 N–H and O–H groups in total. The molecule has 1 aliphatic rings. The van der Waals surface area contributed by atoms with Crippen LogP contribution < -0.4 is 11.1 Å². The molecule has 1 rings (SSSR count). The summed E-state index contributed by atoms with van der Waals surface area (Å²) >= 11 is 0. The number of nitrogens with one attached hydrogen (secondary N) is 1. The Morgan fingerprint density at radius 2 is 2.15 bits per heavy atom. The first-order valence-electron chi connectivity index (χ1n) is 5.67. The molecule has 0 spiro atoms. The van der Waals surface area contributed by atoms with Gasteiger partial charge in [-0.15, -0.1) is 0 Å². The minimum absolute atomic E-state index is 0.695. The molecule has 0 saturated carbocycles. The fourth-order valence-electron chi connectivity index (χ4n) is 2.31. The Hall–Kier alpha value is -0.0800. The van der Waals surface area contributed by atoms with Crippen LogP contribution in [0.15, 0.2) is 0 Å². The lowest BCUT2D eigenvalue weighted by molar-refractivity contribution is 0.265. The van der Waals surface area contributed by atoms with Crippen LogP contribution in [0, 0.1) is 11.8 Å². The van der Waals surface area contributed by atoms with Crippen molar-refractivity contribution in [3.63, 3.8) is 0 Å². The first kappa shape index (κ1) is 11.0. The van der Waals surface area contributed by atoms with Gasteiger partial charge in [-0.2, -0.15) is 0 Å². The lowest BCUT2D eigenvalue weighted by Crippen LogP contribution is -2.43.